The van der Waals surface area contributed by atoms with E-state index < -0.39 is 6.04 Å². The van der Waals surface area contributed by atoms with Crippen LogP contribution in [0.4, 0.5) is 5.69 Å². The molecule has 3 N–H and O–H groups in total. The van der Waals surface area contributed by atoms with Crippen molar-refractivity contribution in [1.82, 2.24) is 9.80 Å². The van der Waals surface area contributed by atoms with Crippen molar-refractivity contribution in [3.05, 3.63) is 65.7 Å². The third-order valence-electron chi connectivity index (χ3n) is 6.39. The van der Waals surface area contributed by atoms with Crippen molar-refractivity contribution in [2.45, 2.75) is 25.3 Å². The second kappa shape index (κ2) is 10.9. The molecule has 7 nitrogen and oxygen atoms in total. The highest BCUT2D eigenvalue weighted by Crippen LogP contribution is 2.24. The first-order valence-corrected chi connectivity index (χ1v) is 12.5. The summed E-state index contributed by atoms with van der Waals surface area (Å²) in [5.41, 5.74) is 7.93. The number of nitrogens with zero attached hydrogens (tertiary/aromatic N) is 2. The molecule has 0 aliphatic carbocycles. The second-order valence-electron chi connectivity index (χ2n) is 8.61. The lowest BCUT2D eigenvalue weighted by Gasteiger charge is -2.30. The smallest absolute Gasteiger partial charge is 0.255 e. The van der Waals surface area contributed by atoms with Gasteiger partial charge in [-0.05, 0) is 62.2 Å². The number of nitrogens with one attached hydrogen (secondary N) is 1. The highest BCUT2D eigenvalue weighted by Gasteiger charge is 2.35. The van der Waals surface area contributed by atoms with Crippen LogP contribution in [0.1, 0.15) is 28.8 Å². The van der Waals surface area contributed by atoms with E-state index >= 15 is 0 Å². The Morgan fingerprint density at radius 1 is 1.00 bits per heavy atom. The van der Waals surface area contributed by atoms with Gasteiger partial charge in [0.15, 0.2) is 0 Å². The number of hydrogen-bond donors (Lipinski definition) is 2. The molecule has 0 spiro atoms. The monoisotopic (exact) mass is 466 g/mol. The third kappa shape index (κ3) is 5.94. The summed E-state index contributed by atoms with van der Waals surface area (Å²) < 4.78 is 0. The summed E-state index contributed by atoms with van der Waals surface area (Å²) >= 11 is 1.59. The second-order valence-corrected chi connectivity index (χ2v) is 9.61. The number of carbonyl (C=O) groups is 3. The maximum atomic E-state index is 12.9. The standard InChI is InChI=1S/C25H30N4O3S/c26-23(30)19-11-14-28(15-12-19)13-10-18-6-8-21(9-7-18)27-24(31)22-16-33-17-29(22)25(32)20-4-2-1-3-5-20/h1-9,19,22H,10-17H2,(H2,26,30)(H,27,31)/t22-/m0/s1. The largest absolute Gasteiger partial charge is 0.369 e. The van der Waals surface area contributed by atoms with E-state index in [1.54, 1.807) is 28.8 Å². The van der Waals surface area contributed by atoms with Crippen LogP contribution in [0.2, 0.25) is 0 Å². The van der Waals surface area contributed by atoms with Gasteiger partial charge in [-0.15, -0.1) is 11.8 Å². The van der Waals surface area contributed by atoms with Gasteiger partial charge in [0, 0.05) is 29.5 Å². The molecule has 2 aromatic rings. The van der Waals surface area contributed by atoms with E-state index in [1.165, 1.54) is 5.56 Å². The number of benzene rings is 2. The van der Waals surface area contributed by atoms with E-state index in [0.717, 1.165) is 44.6 Å². The molecule has 2 heterocycles. The van der Waals surface area contributed by atoms with Crippen molar-refractivity contribution < 1.29 is 14.4 Å². The van der Waals surface area contributed by atoms with Gasteiger partial charge in [0.25, 0.3) is 5.91 Å². The quantitative estimate of drug-likeness (QED) is 0.654. The molecule has 2 aliphatic rings. The minimum absolute atomic E-state index is 0.0151. The zero-order valence-corrected chi connectivity index (χ0v) is 19.4. The van der Waals surface area contributed by atoms with Crippen molar-refractivity contribution >= 4 is 35.2 Å². The van der Waals surface area contributed by atoms with Crippen LogP contribution in [0.25, 0.3) is 0 Å². The lowest BCUT2D eigenvalue weighted by atomic mass is 9.96. The Bertz CT molecular complexity index is 975. The van der Waals surface area contributed by atoms with Gasteiger partial charge < -0.3 is 20.9 Å². The predicted molar refractivity (Wildman–Crippen MR) is 131 cm³/mol. The van der Waals surface area contributed by atoms with Crippen LogP contribution in [0.15, 0.2) is 54.6 Å². The van der Waals surface area contributed by atoms with E-state index in [4.69, 9.17) is 5.73 Å². The lowest BCUT2D eigenvalue weighted by molar-refractivity contribution is -0.123. The zero-order chi connectivity index (χ0) is 23.2. The fourth-order valence-corrected chi connectivity index (χ4v) is 5.47. The Kier molecular flexibility index (Phi) is 7.67. The Morgan fingerprint density at radius 3 is 2.36 bits per heavy atom. The number of thioether (sulfide) groups is 1. The number of carbonyl (C=O) groups excluding carboxylic acids is 3. The van der Waals surface area contributed by atoms with Gasteiger partial charge in [0.2, 0.25) is 11.8 Å². The van der Waals surface area contributed by atoms with E-state index in [0.29, 0.717) is 17.2 Å². The minimum Gasteiger partial charge on any atom is -0.369 e. The summed E-state index contributed by atoms with van der Waals surface area (Å²) in [6.07, 6.45) is 2.58. The molecule has 2 saturated heterocycles. The van der Waals surface area contributed by atoms with Crippen molar-refractivity contribution in [2.24, 2.45) is 11.7 Å². The van der Waals surface area contributed by atoms with Crippen LogP contribution in [-0.2, 0) is 16.0 Å². The molecule has 0 aromatic heterocycles. The summed E-state index contributed by atoms with van der Waals surface area (Å²) in [6.45, 7) is 2.74. The maximum absolute atomic E-state index is 12.9. The van der Waals surface area contributed by atoms with Crippen molar-refractivity contribution in [1.29, 1.82) is 0 Å². The Labute approximate surface area is 198 Å². The zero-order valence-electron chi connectivity index (χ0n) is 18.6. The highest BCUT2D eigenvalue weighted by atomic mass is 32.2. The number of anilines is 1. The molecule has 33 heavy (non-hydrogen) atoms. The predicted octanol–water partition coefficient (Wildman–Crippen LogP) is 2.58. The van der Waals surface area contributed by atoms with Gasteiger partial charge >= 0.3 is 0 Å². The van der Waals surface area contributed by atoms with E-state index in [2.05, 4.69) is 10.2 Å². The Morgan fingerprint density at radius 2 is 1.70 bits per heavy atom. The van der Waals surface area contributed by atoms with Crippen LogP contribution in [0, 0.1) is 5.92 Å². The molecule has 0 bridgehead atoms. The number of nitrogens with two attached hydrogens (primary N) is 1. The van der Waals surface area contributed by atoms with Gasteiger partial charge in [0.1, 0.15) is 6.04 Å². The van der Waals surface area contributed by atoms with Gasteiger partial charge in [-0.1, -0.05) is 30.3 Å². The van der Waals surface area contributed by atoms with Gasteiger partial charge in [0.05, 0.1) is 5.88 Å². The molecular formula is C25H30N4O3S. The number of likely N-dealkylation sites (tertiary alicyclic amines) is 1. The minimum atomic E-state index is -0.481. The summed E-state index contributed by atoms with van der Waals surface area (Å²) in [7, 11) is 0. The average molecular weight is 467 g/mol. The molecule has 0 saturated carbocycles. The van der Waals surface area contributed by atoms with Crippen LogP contribution >= 0.6 is 11.8 Å². The van der Waals surface area contributed by atoms with E-state index in [9.17, 15) is 14.4 Å². The molecule has 2 aliphatic heterocycles. The summed E-state index contributed by atoms with van der Waals surface area (Å²) in [5, 5.41) is 2.97. The number of primary amides is 1. The molecule has 1 atom stereocenters. The van der Waals surface area contributed by atoms with Crippen LogP contribution < -0.4 is 11.1 Å². The summed E-state index contributed by atoms with van der Waals surface area (Å²) in [4.78, 5) is 41.0. The topological polar surface area (TPSA) is 95.7 Å². The van der Waals surface area contributed by atoms with Crippen LogP contribution in [0.3, 0.4) is 0 Å². The lowest BCUT2D eigenvalue weighted by Crippen LogP contribution is -2.44. The number of amides is 3. The van der Waals surface area contributed by atoms with Crippen molar-refractivity contribution in [3.8, 4) is 0 Å². The molecule has 3 amide bonds. The van der Waals surface area contributed by atoms with Crippen molar-refractivity contribution in [3.63, 3.8) is 0 Å². The van der Waals surface area contributed by atoms with Gasteiger partial charge in [-0.2, -0.15) is 0 Å². The van der Waals surface area contributed by atoms with Crippen molar-refractivity contribution in [2.75, 3.05) is 36.6 Å². The SMILES string of the molecule is NC(=O)C1CCN(CCc2ccc(NC(=O)[C@@H]3CSCN3C(=O)c3ccccc3)cc2)CC1. The summed E-state index contributed by atoms with van der Waals surface area (Å²) in [5.74, 6) is 0.666. The summed E-state index contributed by atoms with van der Waals surface area (Å²) in [6, 6.07) is 16.5. The number of piperidine rings is 1. The number of rotatable bonds is 7. The first kappa shape index (κ1) is 23.3. The molecule has 174 valence electrons. The molecular weight excluding hydrogens is 436 g/mol. The molecule has 2 fully saturated rings. The van der Waals surface area contributed by atoms with E-state index in [-0.39, 0.29) is 23.6 Å². The molecule has 0 radical (unpaired) electrons. The van der Waals surface area contributed by atoms with Gasteiger partial charge in [-0.3, -0.25) is 14.4 Å². The fraction of sp³-hybridized carbons (Fsp3) is 0.400. The molecule has 8 heteroatoms. The Balaban J connectivity index is 1.27. The third-order valence-corrected chi connectivity index (χ3v) is 7.41. The van der Waals surface area contributed by atoms with Gasteiger partial charge in [-0.25, -0.2) is 0 Å². The normalized spacial score (nSPS) is 19.4. The fourth-order valence-electron chi connectivity index (χ4n) is 4.32. The van der Waals surface area contributed by atoms with Crippen LogP contribution in [-0.4, -0.2) is 64.8 Å². The van der Waals surface area contributed by atoms with Crippen LogP contribution in [0.5, 0.6) is 0 Å². The maximum Gasteiger partial charge on any atom is 0.255 e. The highest BCUT2D eigenvalue weighted by molar-refractivity contribution is 7.99. The first-order valence-electron chi connectivity index (χ1n) is 11.4. The molecule has 2 aromatic carbocycles. The number of hydrogen-bond acceptors (Lipinski definition) is 5. The first-order chi connectivity index (χ1) is 16.0. The van der Waals surface area contributed by atoms with E-state index in [1.807, 2.05) is 42.5 Å². The molecule has 0 unspecified atom stereocenters. The Hall–Kier alpha value is -2.84. The molecule has 4 rings (SSSR count). The average Bonchev–Trinajstić information content (AvgIpc) is 3.34.